The number of carbonyl (C=O) groups is 1. The zero-order chi connectivity index (χ0) is 15.6. The fraction of sp³-hybridized carbons (Fsp3) is 0.211. The van der Waals surface area contributed by atoms with E-state index in [1.165, 1.54) is 0 Å². The van der Waals surface area contributed by atoms with Crippen molar-refractivity contribution in [2.24, 2.45) is 0 Å². The number of aromatic nitrogens is 1. The molecule has 0 bridgehead atoms. The van der Waals surface area contributed by atoms with Gasteiger partial charge in [-0.15, -0.1) is 0 Å². The second-order valence-electron chi connectivity index (χ2n) is 5.89. The molecule has 1 unspecified atom stereocenters. The van der Waals surface area contributed by atoms with Gasteiger partial charge in [-0.1, -0.05) is 0 Å². The van der Waals surface area contributed by atoms with Gasteiger partial charge >= 0.3 is 0 Å². The van der Waals surface area contributed by atoms with Crippen LogP contribution in [-0.2, 0) is 0 Å². The molecule has 4 nitrogen and oxygen atoms in total. The molecule has 1 aliphatic heterocycles. The van der Waals surface area contributed by atoms with Crippen molar-refractivity contribution in [1.29, 1.82) is 0 Å². The van der Waals surface area contributed by atoms with E-state index in [2.05, 4.69) is 0 Å². The van der Waals surface area contributed by atoms with Gasteiger partial charge in [-0.3, -0.25) is 4.79 Å². The van der Waals surface area contributed by atoms with Gasteiger partial charge in [0.15, 0.2) is 0 Å². The van der Waals surface area contributed by atoms with Crippen LogP contribution < -0.4 is 0 Å². The highest BCUT2D eigenvalue weighted by Gasteiger charge is 2.29. The molecule has 1 aliphatic rings. The topological polar surface area (TPSA) is 38.4 Å². The maximum Gasteiger partial charge on any atom is 0.253 e. The van der Waals surface area contributed by atoms with Gasteiger partial charge in [-0.05, 0) is 55.0 Å². The van der Waals surface area contributed by atoms with E-state index in [9.17, 15) is 4.79 Å². The lowest BCUT2D eigenvalue weighted by Crippen LogP contribution is -2.28. The summed E-state index contributed by atoms with van der Waals surface area (Å²) >= 11 is 0. The molecule has 0 saturated carbocycles. The van der Waals surface area contributed by atoms with Gasteiger partial charge in [0.25, 0.3) is 5.91 Å². The van der Waals surface area contributed by atoms with E-state index in [0.717, 1.165) is 36.5 Å². The summed E-state index contributed by atoms with van der Waals surface area (Å²) in [5, 5.41) is 0. The lowest BCUT2D eigenvalue weighted by Gasteiger charge is -2.16. The smallest absolute Gasteiger partial charge is 0.253 e. The van der Waals surface area contributed by atoms with E-state index in [-0.39, 0.29) is 5.91 Å². The predicted molar refractivity (Wildman–Crippen MR) is 87.7 cm³/mol. The Morgan fingerprint density at radius 3 is 2.52 bits per heavy atom. The largest absolute Gasteiger partial charge is 0.469 e. The van der Waals surface area contributed by atoms with E-state index >= 15 is 0 Å². The third kappa shape index (κ3) is 2.68. The van der Waals surface area contributed by atoms with E-state index in [4.69, 9.17) is 4.42 Å². The fourth-order valence-electron chi connectivity index (χ4n) is 3.17. The monoisotopic (exact) mass is 306 g/mol. The first-order valence-corrected chi connectivity index (χ1v) is 7.87. The van der Waals surface area contributed by atoms with E-state index < -0.39 is 0 Å². The van der Waals surface area contributed by atoms with Crippen LogP contribution in [0.1, 0.15) is 28.5 Å². The van der Waals surface area contributed by atoms with Crippen LogP contribution in [0.4, 0.5) is 0 Å². The van der Waals surface area contributed by atoms with Crippen LogP contribution in [0.3, 0.4) is 0 Å². The Morgan fingerprint density at radius 1 is 1.04 bits per heavy atom. The summed E-state index contributed by atoms with van der Waals surface area (Å²) in [7, 11) is 0. The molecule has 0 spiro atoms. The molecule has 0 radical (unpaired) electrons. The maximum atomic E-state index is 12.6. The predicted octanol–water partition coefficient (Wildman–Crippen LogP) is 3.70. The van der Waals surface area contributed by atoms with E-state index in [0.29, 0.717) is 5.92 Å². The average molecular weight is 306 g/mol. The number of carbonyl (C=O) groups excluding carboxylic acids is 1. The number of hydrogen-bond donors (Lipinski definition) is 0. The van der Waals surface area contributed by atoms with Gasteiger partial charge < -0.3 is 13.9 Å². The summed E-state index contributed by atoms with van der Waals surface area (Å²) < 4.78 is 7.49. The van der Waals surface area contributed by atoms with Crippen LogP contribution in [-0.4, -0.2) is 28.5 Å². The number of rotatable bonds is 3. The molecule has 4 rings (SSSR count). The Balaban J connectivity index is 1.47. The van der Waals surface area contributed by atoms with Gasteiger partial charge in [-0.25, -0.2) is 0 Å². The molecule has 4 heteroatoms. The average Bonchev–Trinajstić information content (AvgIpc) is 3.36. The number of nitrogens with zero attached hydrogens (tertiary/aromatic N) is 2. The van der Waals surface area contributed by atoms with Gasteiger partial charge in [0.1, 0.15) is 5.76 Å². The molecule has 1 saturated heterocycles. The highest BCUT2D eigenvalue weighted by molar-refractivity contribution is 5.94. The third-order valence-corrected chi connectivity index (χ3v) is 4.44. The van der Waals surface area contributed by atoms with Crippen LogP contribution >= 0.6 is 0 Å². The minimum atomic E-state index is 0.0955. The van der Waals surface area contributed by atoms with Crippen molar-refractivity contribution in [2.45, 2.75) is 12.3 Å². The summed E-state index contributed by atoms with van der Waals surface area (Å²) in [5.74, 6) is 1.38. The SMILES string of the molecule is O=C(c1ccc(-n2cccc2)cc1)N1CCC(c2ccco2)C1. The van der Waals surface area contributed by atoms with Gasteiger partial charge in [0.05, 0.1) is 6.26 Å². The quantitative estimate of drug-likeness (QED) is 0.740. The number of likely N-dealkylation sites (tertiary alicyclic amines) is 1. The molecule has 3 aromatic rings. The molecule has 0 N–H and O–H groups in total. The lowest BCUT2D eigenvalue weighted by molar-refractivity contribution is 0.0790. The van der Waals surface area contributed by atoms with Crippen molar-refractivity contribution in [3.8, 4) is 5.69 Å². The second kappa shape index (κ2) is 5.80. The van der Waals surface area contributed by atoms with Crippen molar-refractivity contribution < 1.29 is 9.21 Å². The molecular weight excluding hydrogens is 288 g/mol. The van der Waals surface area contributed by atoms with Crippen molar-refractivity contribution in [2.75, 3.05) is 13.1 Å². The molecule has 3 heterocycles. The van der Waals surface area contributed by atoms with Crippen molar-refractivity contribution in [3.05, 3.63) is 78.5 Å². The summed E-state index contributed by atoms with van der Waals surface area (Å²) in [4.78, 5) is 14.6. The molecule has 0 aliphatic carbocycles. The first-order valence-electron chi connectivity index (χ1n) is 7.87. The van der Waals surface area contributed by atoms with Crippen LogP contribution in [0, 0.1) is 0 Å². The van der Waals surface area contributed by atoms with Crippen LogP contribution in [0.2, 0.25) is 0 Å². The molecule has 1 atom stereocenters. The zero-order valence-electron chi connectivity index (χ0n) is 12.8. The summed E-state index contributed by atoms with van der Waals surface area (Å²) in [6.07, 6.45) is 6.64. The Morgan fingerprint density at radius 2 is 1.83 bits per heavy atom. The minimum Gasteiger partial charge on any atom is -0.469 e. The Kier molecular flexibility index (Phi) is 3.50. The fourth-order valence-corrected chi connectivity index (χ4v) is 3.17. The Labute approximate surface area is 134 Å². The third-order valence-electron chi connectivity index (χ3n) is 4.44. The molecule has 1 aromatic carbocycles. The lowest BCUT2D eigenvalue weighted by atomic mass is 10.1. The molecule has 23 heavy (non-hydrogen) atoms. The molecule has 116 valence electrons. The Hall–Kier alpha value is -2.75. The number of furan rings is 1. The van der Waals surface area contributed by atoms with Crippen LogP contribution in [0.15, 0.2) is 71.6 Å². The standard InChI is InChI=1S/C19H18N2O2/c22-19(21-12-9-16(14-21)18-4-3-13-23-18)15-5-7-17(8-6-15)20-10-1-2-11-20/h1-8,10-11,13,16H,9,12,14H2. The summed E-state index contributed by atoms with van der Waals surface area (Å²) in [5.41, 5.74) is 1.79. The minimum absolute atomic E-state index is 0.0955. The van der Waals surface area contributed by atoms with Crippen molar-refractivity contribution in [3.63, 3.8) is 0 Å². The molecule has 1 amide bonds. The van der Waals surface area contributed by atoms with Gasteiger partial charge in [0.2, 0.25) is 0 Å². The number of amides is 1. The van der Waals surface area contributed by atoms with Crippen LogP contribution in [0.25, 0.3) is 5.69 Å². The number of hydrogen-bond acceptors (Lipinski definition) is 2. The van der Waals surface area contributed by atoms with Gasteiger partial charge in [-0.2, -0.15) is 0 Å². The van der Waals surface area contributed by atoms with Crippen molar-refractivity contribution >= 4 is 5.91 Å². The second-order valence-corrected chi connectivity index (χ2v) is 5.89. The van der Waals surface area contributed by atoms with Gasteiger partial charge in [0, 0.05) is 42.7 Å². The zero-order valence-corrected chi connectivity index (χ0v) is 12.8. The highest BCUT2D eigenvalue weighted by atomic mass is 16.3. The molecule has 1 fully saturated rings. The molecule has 2 aromatic heterocycles. The van der Waals surface area contributed by atoms with Crippen LogP contribution in [0.5, 0.6) is 0 Å². The van der Waals surface area contributed by atoms with E-state index in [1.807, 2.05) is 70.4 Å². The molecular formula is C19H18N2O2. The highest BCUT2D eigenvalue weighted by Crippen LogP contribution is 2.28. The maximum absolute atomic E-state index is 12.6. The summed E-state index contributed by atoms with van der Waals surface area (Å²) in [6.45, 7) is 1.51. The normalized spacial score (nSPS) is 17.6. The van der Waals surface area contributed by atoms with Crippen molar-refractivity contribution in [1.82, 2.24) is 9.47 Å². The Bertz CT molecular complexity index is 773. The first kappa shape index (κ1) is 13.9. The van der Waals surface area contributed by atoms with E-state index in [1.54, 1.807) is 6.26 Å². The first-order chi connectivity index (χ1) is 11.3. The number of benzene rings is 1. The summed E-state index contributed by atoms with van der Waals surface area (Å²) in [6, 6.07) is 15.6.